The van der Waals surface area contributed by atoms with E-state index in [1.165, 1.54) is 0 Å². The van der Waals surface area contributed by atoms with Gasteiger partial charge in [-0.05, 0) is 13.3 Å². The van der Waals surface area contributed by atoms with Crippen molar-refractivity contribution >= 4 is 10.4 Å². The van der Waals surface area contributed by atoms with Gasteiger partial charge in [-0.15, -0.1) is 0 Å². The predicted molar refractivity (Wildman–Crippen MR) is 46.2 cm³/mol. The first kappa shape index (κ1) is 11.9. The van der Waals surface area contributed by atoms with Gasteiger partial charge < -0.3 is 0 Å². The van der Waals surface area contributed by atoms with E-state index >= 15 is 0 Å². The first-order valence-electron chi connectivity index (χ1n) is 4.11. The average Bonchev–Trinajstić information content (AvgIpc) is 1.84. The zero-order valence-corrected chi connectivity index (χ0v) is 8.30. The predicted octanol–water partition coefficient (Wildman–Crippen LogP) is 1.77. The molecule has 74 valence electrons. The molecular formula is C7H16O4S. The summed E-state index contributed by atoms with van der Waals surface area (Å²) in [7, 11) is -4.26. The minimum Gasteiger partial charge on any atom is -0.264 e. The molecule has 0 amide bonds. The van der Waals surface area contributed by atoms with E-state index < -0.39 is 16.5 Å². The largest absolute Gasteiger partial charge is 0.397 e. The highest BCUT2D eigenvalue weighted by Gasteiger charge is 2.10. The molecule has 0 bridgehead atoms. The molecule has 1 atom stereocenters. The van der Waals surface area contributed by atoms with Gasteiger partial charge in [-0.25, -0.2) is 4.18 Å². The van der Waals surface area contributed by atoms with E-state index in [0.717, 1.165) is 19.3 Å². The Morgan fingerprint density at radius 1 is 1.42 bits per heavy atom. The molecule has 4 nitrogen and oxygen atoms in total. The molecule has 0 fully saturated rings. The minimum absolute atomic E-state index is 0.424. The summed E-state index contributed by atoms with van der Waals surface area (Å²) in [4.78, 5) is 0. The number of unbranched alkanes of at least 4 members (excludes halogenated alkanes) is 2. The lowest BCUT2D eigenvalue weighted by atomic mass is 10.1. The summed E-state index contributed by atoms with van der Waals surface area (Å²) in [5, 5.41) is 0. The average molecular weight is 196 g/mol. The molecule has 0 heterocycles. The summed E-state index contributed by atoms with van der Waals surface area (Å²) in [5.41, 5.74) is 0. The van der Waals surface area contributed by atoms with Crippen molar-refractivity contribution in [1.82, 2.24) is 0 Å². The Morgan fingerprint density at radius 2 is 2.00 bits per heavy atom. The lowest BCUT2D eigenvalue weighted by Gasteiger charge is -2.08. The third-order valence-corrected chi connectivity index (χ3v) is 2.07. The van der Waals surface area contributed by atoms with Crippen molar-refractivity contribution in [2.75, 3.05) is 0 Å². The molecule has 0 aromatic rings. The van der Waals surface area contributed by atoms with E-state index in [1.54, 1.807) is 6.92 Å². The van der Waals surface area contributed by atoms with Crippen LogP contribution >= 0.6 is 0 Å². The smallest absolute Gasteiger partial charge is 0.264 e. The summed E-state index contributed by atoms with van der Waals surface area (Å²) in [6.07, 6.45) is 3.30. The zero-order valence-electron chi connectivity index (χ0n) is 7.49. The van der Waals surface area contributed by atoms with Crippen LogP contribution in [0.25, 0.3) is 0 Å². The molecular weight excluding hydrogens is 180 g/mol. The molecule has 0 saturated carbocycles. The standard InChI is InChI=1S/C7H16O4S/c1-3-4-5-6-7(2)11-12(8,9)10/h7H,3-6H2,1-2H3,(H,8,9,10)/t7-/m1/s1. The summed E-state index contributed by atoms with van der Waals surface area (Å²) in [6.45, 7) is 3.69. The Morgan fingerprint density at radius 3 is 2.42 bits per heavy atom. The molecule has 0 aliphatic heterocycles. The van der Waals surface area contributed by atoms with Crippen LogP contribution in [-0.2, 0) is 14.6 Å². The SMILES string of the molecule is CCCCC[C@@H](C)OS(=O)(=O)O. The van der Waals surface area contributed by atoms with Gasteiger partial charge >= 0.3 is 10.4 Å². The van der Waals surface area contributed by atoms with Gasteiger partial charge in [0.05, 0.1) is 6.10 Å². The van der Waals surface area contributed by atoms with Crippen molar-refractivity contribution in [3.05, 3.63) is 0 Å². The van der Waals surface area contributed by atoms with Gasteiger partial charge in [0, 0.05) is 0 Å². The van der Waals surface area contributed by atoms with E-state index in [4.69, 9.17) is 4.55 Å². The topological polar surface area (TPSA) is 63.6 Å². The highest BCUT2D eigenvalue weighted by molar-refractivity contribution is 7.80. The Labute approximate surface area is 73.9 Å². The summed E-state index contributed by atoms with van der Waals surface area (Å²) in [5.74, 6) is 0. The monoisotopic (exact) mass is 196 g/mol. The van der Waals surface area contributed by atoms with Crippen LogP contribution in [0.2, 0.25) is 0 Å². The molecule has 0 aliphatic rings. The molecule has 1 N–H and O–H groups in total. The van der Waals surface area contributed by atoms with Crippen LogP contribution in [0.15, 0.2) is 0 Å². The van der Waals surface area contributed by atoms with E-state index in [-0.39, 0.29) is 0 Å². The van der Waals surface area contributed by atoms with Gasteiger partial charge in [0.25, 0.3) is 0 Å². The third kappa shape index (κ3) is 7.97. The second-order valence-corrected chi connectivity index (χ2v) is 3.88. The lowest BCUT2D eigenvalue weighted by molar-refractivity contribution is 0.186. The highest BCUT2D eigenvalue weighted by Crippen LogP contribution is 2.07. The van der Waals surface area contributed by atoms with Crippen molar-refractivity contribution in [3.63, 3.8) is 0 Å². The molecule has 0 spiro atoms. The van der Waals surface area contributed by atoms with Crippen LogP contribution in [-0.4, -0.2) is 19.1 Å². The van der Waals surface area contributed by atoms with Crippen LogP contribution in [0.5, 0.6) is 0 Å². The number of rotatable bonds is 6. The maximum atomic E-state index is 10.2. The molecule has 0 unspecified atom stereocenters. The third-order valence-electron chi connectivity index (χ3n) is 1.50. The van der Waals surface area contributed by atoms with Gasteiger partial charge in [0.15, 0.2) is 0 Å². The van der Waals surface area contributed by atoms with Crippen molar-refractivity contribution in [2.24, 2.45) is 0 Å². The van der Waals surface area contributed by atoms with Crippen molar-refractivity contribution < 1.29 is 17.2 Å². The normalized spacial score (nSPS) is 14.6. The molecule has 0 aromatic heterocycles. The van der Waals surface area contributed by atoms with Crippen molar-refractivity contribution in [2.45, 2.75) is 45.6 Å². The second-order valence-electron chi connectivity index (χ2n) is 2.83. The fraction of sp³-hybridized carbons (Fsp3) is 1.00. The maximum Gasteiger partial charge on any atom is 0.397 e. The summed E-state index contributed by atoms with van der Waals surface area (Å²) in [6, 6.07) is 0. The molecule has 0 aliphatic carbocycles. The van der Waals surface area contributed by atoms with Crippen LogP contribution in [0.3, 0.4) is 0 Å². The Bertz CT molecular complexity index is 197. The van der Waals surface area contributed by atoms with E-state index in [0.29, 0.717) is 6.42 Å². The summed E-state index contributed by atoms with van der Waals surface area (Å²) < 4.78 is 33.0. The number of hydrogen-bond acceptors (Lipinski definition) is 3. The summed E-state index contributed by atoms with van der Waals surface area (Å²) >= 11 is 0. The molecule has 0 aromatic carbocycles. The fourth-order valence-corrected chi connectivity index (χ4v) is 1.45. The second kappa shape index (κ2) is 5.50. The minimum atomic E-state index is -4.26. The molecule has 0 radical (unpaired) electrons. The van der Waals surface area contributed by atoms with E-state index in [2.05, 4.69) is 11.1 Å². The Kier molecular flexibility index (Phi) is 5.44. The fourth-order valence-electron chi connectivity index (χ4n) is 0.937. The van der Waals surface area contributed by atoms with Crippen LogP contribution < -0.4 is 0 Å². The lowest BCUT2D eigenvalue weighted by Crippen LogP contribution is -2.14. The molecule has 12 heavy (non-hydrogen) atoms. The quantitative estimate of drug-likeness (QED) is 0.519. The molecule has 5 heteroatoms. The van der Waals surface area contributed by atoms with Crippen LogP contribution in [0, 0.1) is 0 Å². The van der Waals surface area contributed by atoms with Crippen molar-refractivity contribution in [1.29, 1.82) is 0 Å². The van der Waals surface area contributed by atoms with Gasteiger partial charge in [-0.2, -0.15) is 8.42 Å². The number of hydrogen-bond donors (Lipinski definition) is 1. The maximum absolute atomic E-state index is 10.2. The van der Waals surface area contributed by atoms with Gasteiger partial charge in [-0.1, -0.05) is 26.2 Å². The molecule has 0 saturated heterocycles. The van der Waals surface area contributed by atoms with Gasteiger partial charge in [0.1, 0.15) is 0 Å². The first-order chi connectivity index (χ1) is 5.45. The van der Waals surface area contributed by atoms with Crippen LogP contribution in [0.1, 0.15) is 39.5 Å². The van der Waals surface area contributed by atoms with Gasteiger partial charge in [-0.3, -0.25) is 4.55 Å². The Hall–Kier alpha value is -0.130. The van der Waals surface area contributed by atoms with E-state index in [1.807, 2.05) is 0 Å². The first-order valence-corrected chi connectivity index (χ1v) is 5.48. The van der Waals surface area contributed by atoms with Gasteiger partial charge in [0.2, 0.25) is 0 Å². The zero-order chi connectivity index (χ0) is 9.61. The Balaban J connectivity index is 3.53. The van der Waals surface area contributed by atoms with Crippen molar-refractivity contribution in [3.8, 4) is 0 Å². The highest BCUT2D eigenvalue weighted by atomic mass is 32.3. The van der Waals surface area contributed by atoms with E-state index in [9.17, 15) is 8.42 Å². The molecule has 0 rings (SSSR count). The van der Waals surface area contributed by atoms with Crippen LogP contribution in [0.4, 0.5) is 0 Å².